The van der Waals surface area contributed by atoms with Gasteiger partial charge in [0.2, 0.25) is 0 Å². The zero-order valence-corrected chi connectivity index (χ0v) is 9.94. The van der Waals surface area contributed by atoms with E-state index in [0.717, 1.165) is 18.4 Å². The maximum absolute atomic E-state index is 14.1. The van der Waals surface area contributed by atoms with Crippen LogP contribution in [-0.4, -0.2) is 9.97 Å². The van der Waals surface area contributed by atoms with Crippen LogP contribution in [0.2, 0.25) is 0 Å². The van der Waals surface area contributed by atoms with Crippen LogP contribution in [0.15, 0.2) is 36.7 Å². The van der Waals surface area contributed by atoms with Gasteiger partial charge in [-0.1, -0.05) is 30.3 Å². The van der Waals surface area contributed by atoms with E-state index in [1.807, 2.05) is 30.3 Å². The normalized spacial score (nSPS) is 14.5. The molecule has 4 heteroatoms. The summed E-state index contributed by atoms with van der Waals surface area (Å²) in [6.45, 7) is 0.568. The van der Waals surface area contributed by atoms with E-state index >= 15 is 0 Å². The van der Waals surface area contributed by atoms with Crippen molar-refractivity contribution in [2.45, 2.75) is 25.3 Å². The van der Waals surface area contributed by atoms with Crippen molar-refractivity contribution in [3.63, 3.8) is 0 Å². The number of hydrogen-bond donors (Lipinski definition) is 1. The first-order valence-corrected chi connectivity index (χ1v) is 6.13. The fraction of sp³-hybridized carbons (Fsp3) is 0.286. The molecule has 92 valence electrons. The molecule has 1 N–H and O–H groups in total. The fourth-order valence-electron chi connectivity index (χ4n) is 1.93. The van der Waals surface area contributed by atoms with Gasteiger partial charge in [0.15, 0.2) is 11.6 Å². The van der Waals surface area contributed by atoms with Crippen LogP contribution in [0.25, 0.3) is 0 Å². The number of anilines is 1. The summed E-state index contributed by atoms with van der Waals surface area (Å²) < 4.78 is 14.1. The van der Waals surface area contributed by atoms with Crippen LogP contribution >= 0.6 is 0 Å². The molecule has 3 rings (SSSR count). The Bertz CT molecular complexity index is 538. The van der Waals surface area contributed by atoms with Gasteiger partial charge in [-0.15, -0.1) is 0 Å². The number of nitrogens with one attached hydrogen (secondary N) is 1. The summed E-state index contributed by atoms with van der Waals surface area (Å²) in [5, 5.41) is 3.03. The summed E-state index contributed by atoms with van der Waals surface area (Å²) in [4.78, 5) is 8.00. The lowest BCUT2D eigenvalue weighted by Gasteiger charge is -2.08. The molecule has 0 aliphatic heterocycles. The molecule has 2 aromatic rings. The minimum absolute atomic E-state index is 0.295. The average molecular weight is 243 g/mol. The first-order valence-electron chi connectivity index (χ1n) is 6.13. The van der Waals surface area contributed by atoms with Crippen molar-refractivity contribution in [3.05, 3.63) is 53.7 Å². The lowest BCUT2D eigenvalue weighted by molar-refractivity contribution is 0.595. The van der Waals surface area contributed by atoms with Crippen molar-refractivity contribution in [2.75, 3.05) is 5.32 Å². The van der Waals surface area contributed by atoms with Crippen LogP contribution in [0.3, 0.4) is 0 Å². The number of benzene rings is 1. The number of rotatable bonds is 4. The summed E-state index contributed by atoms with van der Waals surface area (Å²) in [5.41, 5.74) is 1.66. The van der Waals surface area contributed by atoms with Crippen LogP contribution < -0.4 is 5.32 Å². The van der Waals surface area contributed by atoms with E-state index in [1.54, 1.807) is 0 Å². The number of hydrogen-bond acceptors (Lipinski definition) is 3. The van der Waals surface area contributed by atoms with E-state index in [9.17, 15) is 4.39 Å². The molecule has 0 radical (unpaired) electrons. The van der Waals surface area contributed by atoms with Crippen molar-refractivity contribution >= 4 is 5.82 Å². The Morgan fingerprint density at radius 2 is 1.94 bits per heavy atom. The first-order chi connectivity index (χ1) is 8.84. The second-order valence-corrected chi connectivity index (χ2v) is 4.53. The Morgan fingerprint density at radius 3 is 2.67 bits per heavy atom. The molecule has 0 amide bonds. The molecule has 1 aliphatic carbocycles. The number of aromatic nitrogens is 2. The largest absolute Gasteiger partial charge is 0.363 e. The molecular weight excluding hydrogens is 229 g/mol. The van der Waals surface area contributed by atoms with Crippen LogP contribution in [0.4, 0.5) is 10.2 Å². The minimum atomic E-state index is -0.295. The molecule has 1 fully saturated rings. The summed E-state index contributed by atoms with van der Waals surface area (Å²) in [5.74, 6) is 0.303. The second-order valence-electron chi connectivity index (χ2n) is 4.53. The molecule has 0 saturated heterocycles. The predicted octanol–water partition coefficient (Wildman–Crippen LogP) is 3.11. The second kappa shape index (κ2) is 4.72. The SMILES string of the molecule is Fc1c(NCc2ccccc2)ncnc1C1CC1. The predicted molar refractivity (Wildman–Crippen MR) is 67.7 cm³/mol. The average Bonchev–Trinajstić information content (AvgIpc) is 3.23. The van der Waals surface area contributed by atoms with Crippen molar-refractivity contribution in [2.24, 2.45) is 0 Å². The van der Waals surface area contributed by atoms with E-state index in [0.29, 0.717) is 24.0 Å². The van der Waals surface area contributed by atoms with E-state index < -0.39 is 0 Å². The van der Waals surface area contributed by atoms with Crippen LogP contribution in [0.5, 0.6) is 0 Å². The molecule has 1 aliphatic rings. The molecule has 1 saturated carbocycles. The maximum atomic E-state index is 14.1. The first kappa shape index (κ1) is 11.1. The fourth-order valence-corrected chi connectivity index (χ4v) is 1.93. The van der Waals surface area contributed by atoms with Crippen molar-refractivity contribution in [1.29, 1.82) is 0 Å². The summed E-state index contributed by atoms with van der Waals surface area (Å²) in [7, 11) is 0. The quantitative estimate of drug-likeness (QED) is 0.896. The monoisotopic (exact) mass is 243 g/mol. The lowest BCUT2D eigenvalue weighted by atomic mass is 10.2. The standard InChI is InChI=1S/C14H14FN3/c15-12-13(11-6-7-11)17-9-18-14(12)16-8-10-4-2-1-3-5-10/h1-5,9,11H,6-8H2,(H,16,17,18). The molecule has 1 aromatic carbocycles. The molecular formula is C14H14FN3. The van der Waals surface area contributed by atoms with Gasteiger partial charge in [0, 0.05) is 12.5 Å². The lowest BCUT2D eigenvalue weighted by Crippen LogP contribution is -2.06. The van der Waals surface area contributed by atoms with E-state index in [-0.39, 0.29) is 5.82 Å². The van der Waals surface area contributed by atoms with Crippen LogP contribution in [-0.2, 0) is 6.54 Å². The van der Waals surface area contributed by atoms with Gasteiger partial charge in [-0.2, -0.15) is 0 Å². The molecule has 1 heterocycles. The van der Waals surface area contributed by atoms with Gasteiger partial charge in [0.05, 0.1) is 5.69 Å². The topological polar surface area (TPSA) is 37.8 Å². The van der Waals surface area contributed by atoms with Gasteiger partial charge in [-0.3, -0.25) is 0 Å². The summed E-state index contributed by atoms with van der Waals surface area (Å²) >= 11 is 0. The third-order valence-corrected chi connectivity index (χ3v) is 3.08. The van der Waals surface area contributed by atoms with Gasteiger partial charge in [-0.25, -0.2) is 14.4 Å². The van der Waals surface area contributed by atoms with E-state index in [4.69, 9.17) is 0 Å². The molecule has 0 bridgehead atoms. The maximum Gasteiger partial charge on any atom is 0.187 e. The summed E-state index contributed by atoms with van der Waals surface area (Å²) in [6, 6.07) is 9.87. The minimum Gasteiger partial charge on any atom is -0.363 e. The smallest absolute Gasteiger partial charge is 0.187 e. The van der Waals surface area contributed by atoms with Gasteiger partial charge in [0.1, 0.15) is 6.33 Å². The van der Waals surface area contributed by atoms with E-state index in [2.05, 4.69) is 15.3 Å². The molecule has 18 heavy (non-hydrogen) atoms. The molecule has 0 unspecified atom stereocenters. The molecule has 1 aromatic heterocycles. The van der Waals surface area contributed by atoms with Crippen LogP contribution in [0, 0.1) is 5.82 Å². The van der Waals surface area contributed by atoms with Gasteiger partial charge >= 0.3 is 0 Å². The highest BCUT2D eigenvalue weighted by Gasteiger charge is 2.29. The van der Waals surface area contributed by atoms with Crippen molar-refractivity contribution in [1.82, 2.24) is 9.97 Å². The highest BCUT2D eigenvalue weighted by molar-refractivity contribution is 5.40. The van der Waals surface area contributed by atoms with Crippen LogP contribution in [0.1, 0.15) is 30.0 Å². The van der Waals surface area contributed by atoms with Gasteiger partial charge in [0.25, 0.3) is 0 Å². The highest BCUT2D eigenvalue weighted by atomic mass is 19.1. The van der Waals surface area contributed by atoms with Gasteiger partial charge in [-0.05, 0) is 18.4 Å². The highest BCUT2D eigenvalue weighted by Crippen LogP contribution is 2.40. The zero-order chi connectivity index (χ0) is 12.4. The Kier molecular flexibility index (Phi) is 2.92. The Balaban J connectivity index is 1.74. The Hall–Kier alpha value is -1.97. The Morgan fingerprint density at radius 1 is 1.17 bits per heavy atom. The zero-order valence-electron chi connectivity index (χ0n) is 9.94. The number of halogens is 1. The summed E-state index contributed by atoms with van der Waals surface area (Å²) in [6.07, 6.45) is 3.50. The Labute approximate surface area is 105 Å². The van der Waals surface area contributed by atoms with E-state index in [1.165, 1.54) is 6.33 Å². The number of nitrogens with zero attached hydrogens (tertiary/aromatic N) is 2. The van der Waals surface area contributed by atoms with Crippen molar-refractivity contribution < 1.29 is 4.39 Å². The van der Waals surface area contributed by atoms with Gasteiger partial charge < -0.3 is 5.32 Å². The third-order valence-electron chi connectivity index (χ3n) is 3.08. The molecule has 0 atom stereocenters. The molecule has 0 spiro atoms. The molecule has 3 nitrogen and oxygen atoms in total. The van der Waals surface area contributed by atoms with Crippen molar-refractivity contribution in [3.8, 4) is 0 Å². The third kappa shape index (κ3) is 2.32.